The van der Waals surface area contributed by atoms with Crippen molar-refractivity contribution in [1.82, 2.24) is 9.78 Å². The van der Waals surface area contributed by atoms with Gasteiger partial charge < -0.3 is 5.32 Å². The van der Waals surface area contributed by atoms with Crippen LogP contribution in [0.5, 0.6) is 0 Å². The van der Waals surface area contributed by atoms with E-state index in [1.54, 1.807) is 13.0 Å². The fourth-order valence-electron chi connectivity index (χ4n) is 2.98. The van der Waals surface area contributed by atoms with Crippen LogP contribution in [0.25, 0.3) is 11.3 Å². The minimum absolute atomic E-state index is 0.278. The molecular weight excluding hydrogens is 350 g/mol. The van der Waals surface area contributed by atoms with E-state index in [1.165, 1.54) is 16.3 Å². The molecule has 3 aromatic rings. The van der Waals surface area contributed by atoms with Crippen molar-refractivity contribution in [1.29, 1.82) is 0 Å². The summed E-state index contributed by atoms with van der Waals surface area (Å²) in [5, 5.41) is 7.33. The number of aryl methyl sites for hydroxylation is 3. The van der Waals surface area contributed by atoms with Crippen molar-refractivity contribution >= 4 is 11.6 Å². The largest absolute Gasteiger partial charge is 0.324 e. The highest BCUT2D eigenvalue weighted by atomic mass is 16.2. The Labute approximate surface area is 165 Å². The van der Waals surface area contributed by atoms with Gasteiger partial charge in [0.05, 0.1) is 5.69 Å². The zero-order valence-electron chi connectivity index (χ0n) is 16.7. The first-order valence-electron chi connectivity index (χ1n) is 9.46. The summed E-state index contributed by atoms with van der Waals surface area (Å²) in [6, 6.07) is 16.1. The number of aromatic nitrogens is 2. The molecule has 1 aromatic heterocycles. The summed E-state index contributed by atoms with van der Waals surface area (Å²) in [7, 11) is 0. The molecule has 0 saturated carbocycles. The zero-order chi connectivity index (χ0) is 20.3. The van der Waals surface area contributed by atoms with Crippen molar-refractivity contribution in [3.8, 4) is 11.3 Å². The van der Waals surface area contributed by atoms with Gasteiger partial charge in [0.1, 0.15) is 6.04 Å². The first kappa shape index (κ1) is 19.5. The van der Waals surface area contributed by atoms with E-state index in [-0.39, 0.29) is 11.5 Å². The van der Waals surface area contributed by atoms with E-state index >= 15 is 0 Å². The SMILES string of the molecule is CCc1cccc(NC(=O)[C@H](C)n2nc(-c3ccc(C)c(C)c3)ccc2=O)c1. The average Bonchev–Trinajstić information content (AvgIpc) is 2.70. The van der Waals surface area contributed by atoms with Gasteiger partial charge in [-0.15, -0.1) is 0 Å². The lowest BCUT2D eigenvalue weighted by atomic mass is 10.0. The smallest absolute Gasteiger partial charge is 0.267 e. The summed E-state index contributed by atoms with van der Waals surface area (Å²) < 4.78 is 1.24. The van der Waals surface area contributed by atoms with Gasteiger partial charge in [0.2, 0.25) is 5.91 Å². The molecule has 3 rings (SSSR count). The van der Waals surface area contributed by atoms with Crippen molar-refractivity contribution in [2.45, 2.75) is 40.2 Å². The Balaban J connectivity index is 1.88. The minimum atomic E-state index is -0.732. The fraction of sp³-hybridized carbons (Fsp3) is 0.261. The van der Waals surface area contributed by atoms with Crippen LogP contribution in [0.4, 0.5) is 5.69 Å². The third-order valence-electron chi connectivity index (χ3n) is 4.98. The van der Waals surface area contributed by atoms with E-state index < -0.39 is 6.04 Å². The van der Waals surface area contributed by atoms with Crippen molar-refractivity contribution in [2.75, 3.05) is 5.32 Å². The van der Waals surface area contributed by atoms with E-state index in [0.717, 1.165) is 28.8 Å². The molecule has 1 heterocycles. The Morgan fingerprint density at radius 1 is 1.07 bits per heavy atom. The highest BCUT2D eigenvalue weighted by Gasteiger charge is 2.18. The van der Waals surface area contributed by atoms with Crippen LogP contribution in [-0.4, -0.2) is 15.7 Å². The molecule has 1 amide bonds. The second-order valence-electron chi connectivity index (χ2n) is 7.02. The maximum atomic E-state index is 12.7. The van der Waals surface area contributed by atoms with Gasteiger partial charge >= 0.3 is 0 Å². The number of nitrogens with zero attached hydrogens (tertiary/aromatic N) is 2. The Hall–Kier alpha value is -3.21. The van der Waals surface area contributed by atoms with Crippen LogP contribution in [0.1, 0.15) is 36.6 Å². The summed E-state index contributed by atoms with van der Waals surface area (Å²) in [5.74, 6) is -0.278. The van der Waals surface area contributed by atoms with E-state index in [0.29, 0.717) is 5.69 Å². The Bertz CT molecular complexity index is 1070. The van der Waals surface area contributed by atoms with Crippen molar-refractivity contribution in [3.05, 3.63) is 81.6 Å². The molecule has 0 fully saturated rings. The van der Waals surface area contributed by atoms with E-state index in [9.17, 15) is 9.59 Å². The van der Waals surface area contributed by atoms with Crippen LogP contribution in [0.3, 0.4) is 0 Å². The number of benzene rings is 2. The van der Waals surface area contributed by atoms with Gasteiger partial charge in [0.15, 0.2) is 0 Å². The molecule has 2 aromatic carbocycles. The third kappa shape index (κ3) is 4.19. The fourth-order valence-corrected chi connectivity index (χ4v) is 2.98. The topological polar surface area (TPSA) is 64.0 Å². The van der Waals surface area contributed by atoms with Gasteiger partial charge in [-0.05, 0) is 68.1 Å². The summed E-state index contributed by atoms with van der Waals surface area (Å²) in [5.41, 5.74) is 5.47. The Morgan fingerprint density at radius 2 is 1.86 bits per heavy atom. The molecule has 28 heavy (non-hydrogen) atoms. The van der Waals surface area contributed by atoms with Crippen molar-refractivity contribution in [2.24, 2.45) is 0 Å². The summed E-state index contributed by atoms with van der Waals surface area (Å²) in [6.45, 7) is 7.83. The third-order valence-corrected chi connectivity index (χ3v) is 4.98. The zero-order valence-corrected chi connectivity index (χ0v) is 16.7. The second kappa shape index (κ2) is 8.21. The van der Waals surface area contributed by atoms with E-state index in [4.69, 9.17) is 0 Å². The summed E-state index contributed by atoms with van der Waals surface area (Å²) >= 11 is 0. The van der Waals surface area contributed by atoms with Gasteiger partial charge in [-0.2, -0.15) is 5.10 Å². The van der Waals surface area contributed by atoms with Crippen molar-refractivity contribution < 1.29 is 4.79 Å². The lowest BCUT2D eigenvalue weighted by Gasteiger charge is -2.15. The number of anilines is 1. The molecule has 0 radical (unpaired) electrons. The molecule has 144 valence electrons. The maximum absolute atomic E-state index is 12.7. The number of carbonyl (C=O) groups excluding carboxylic acids is 1. The van der Waals surface area contributed by atoms with E-state index in [1.807, 2.05) is 56.3 Å². The summed E-state index contributed by atoms with van der Waals surface area (Å²) in [6.07, 6.45) is 0.887. The molecule has 0 aliphatic carbocycles. The van der Waals surface area contributed by atoms with Crippen LogP contribution in [0.15, 0.2) is 59.4 Å². The van der Waals surface area contributed by atoms with Gasteiger partial charge in [-0.1, -0.05) is 31.2 Å². The van der Waals surface area contributed by atoms with Crippen molar-refractivity contribution in [3.63, 3.8) is 0 Å². The number of rotatable bonds is 5. The molecule has 5 nitrogen and oxygen atoms in total. The summed E-state index contributed by atoms with van der Waals surface area (Å²) in [4.78, 5) is 25.0. The molecular formula is C23H25N3O2. The van der Waals surface area contributed by atoms with Crippen LogP contribution in [-0.2, 0) is 11.2 Å². The van der Waals surface area contributed by atoms with Crippen LogP contribution < -0.4 is 10.9 Å². The molecule has 5 heteroatoms. The quantitative estimate of drug-likeness (QED) is 0.723. The lowest BCUT2D eigenvalue weighted by molar-refractivity contribution is -0.119. The molecule has 0 bridgehead atoms. The number of hydrogen-bond donors (Lipinski definition) is 1. The predicted molar refractivity (Wildman–Crippen MR) is 113 cm³/mol. The molecule has 1 atom stereocenters. The average molecular weight is 375 g/mol. The number of carbonyl (C=O) groups is 1. The highest BCUT2D eigenvalue weighted by Crippen LogP contribution is 2.20. The van der Waals surface area contributed by atoms with Gasteiger partial charge in [0, 0.05) is 17.3 Å². The number of hydrogen-bond acceptors (Lipinski definition) is 3. The monoisotopic (exact) mass is 375 g/mol. The maximum Gasteiger partial charge on any atom is 0.267 e. The molecule has 0 saturated heterocycles. The van der Waals surface area contributed by atoms with Gasteiger partial charge in [0.25, 0.3) is 5.56 Å². The Morgan fingerprint density at radius 3 is 2.57 bits per heavy atom. The lowest BCUT2D eigenvalue weighted by Crippen LogP contribution is -2.33. The molecule has 1 N–H and O–H groups in total. The first-order valence-corrected chi connectivity index (χ1v) is 9.46. The molecule has 0 aliphatic rings. The minimum Gasteiger partial charge on any atom is -0.324 e. The normalized spacial score (nSPS) is 11.9. The Kier molecular flexibility index (Phi) is 5.73. The number of amides is 1. The highest BCUT2D eigenvalue weighted by molar-refractivity contribution is 5.93. The van der Waals surface area contributed by atoms with Gasteiger partial charge in [-0.3, -0.25) is 9.59 Å². The molecule has 0 aliphatic heterocycles. The molecule has 0 spiro atoms. The first-order chi connectivity index (χ1) is 13.4. The molecule has 0 unspecified atom stereocenters. The predicted octanol–water partition coefficient (Wildman–Crippen LogP) is 4.29. The van der Waals surface area contributed by atoms with Crippen LogP contribution in [0, 0.1) is 13.8 Å². The van der Waals surface area contributed by atoms with Crippen LogP contribution in [0.2, 0.25) is 0 Å². The van der Waals surface area contributed by atoms with Gasteiger partial charge in [-0.25, -0.2) is 4.68 Å². The van der Waals surface area contributed by atoms with Crippen LogP contribution >= 0.6 is 0 Å². The second-order valence-corrected chi connectivity index (χ2v) is 7.02. The standard InChI is InChI=1S/C23H25N3O2/c1-5-18-7-6-8-20(14-18)24-23(28)17(4)26-22(27)12-11-21(25-26)19-10-9-15(2)16(3)13-19/h6-14,17H,5H2,1-4H3,(H,24,28)/t17-/m0/s1. The number of nitrogens with one attached hydrogen (secondary N) is 1. The van der Waals surface area contributed by atoms with E-state index in [2.05, 4.69) is 17.3 Å².